The summed E-state index contributed by atoms with van der Waals surface area (Å²) >= 11 is 0. The molecule has 1 aliphatic rings. The first-order chi connectivity index (χ1) is 11.1. The van der Waals surface area contributed by atoms with Gasteiger partial charge in [-0.3, -0.25) is 4.79 Å². The van der Waals surface area contributed by atoms with E-state index >= 15 is 0 Å². The summed E-state index contributed by atoms with van der Waals surface area (Å²) in [6.45, 7) is 8.15. The summed E-state index contributed by atoms with van der Waals surface area (Å²) in [5, 5.41) is 5.91. The van der Waals surface area contributed by atoms with Crippen LogP contribution in [-0.2, 0) is 14.8 Å². The second-order valence-corrected chi connectivity index (χ2v) is 9.06. The Morgan fingerprint density at radius 3 is 2.50 bits per heavy atom. The van der Waals surface area contributed by atoms with E-state index in [9.17, 15) is 13.2 Å². The van der Waals surface area contributed by atoms with E-state index in [1.807, 2.05) is 0 Å². The largest absolute Gasteiger partial charge is 0.325 e. The number of carbonyl (C=O) groups is 1. The van der Waals surface area contributed by atoms with Crippen LogP contribution in [0.4, 0.5) is 5.69 Å². The Balaban J connectivity index is 2.07. The van der Waals surface area contributed by atoms with Gasteiger partial charge in [0.25, 0.3) is 0 Å². The summed E-state index contributed by atoms with van der Waals surface area (Å²) in [6.07, 6.45) is 2.46. The summed E-state index contributed by atoms with van der Waals surface area (Å²) in [6, 6.07) is 4.89. The number of hydrogen-bond acceptors (Lipinski definition) is 4. The van der Waals surface area contributed by atoms with Gasteiger partial charge >= 0.3 is 0 Å². The molecule has 7 heteroatoms. The minimum atomic E-state index is -3.64. The van der Waals surface area contributed by atoms with Crippen LogP contribution in [0.2, 0.25) is 0 Å². The molecule has 0 atom stereocenters. The summed E-state index contributed by atoms with van der Waals surface area (Å²) in [7, 11) is -3.64. The lowest BCUT2D eigenvalue weighted by molar-refractivity contribution is -0.115. The molecular weight excluding hydrogens is 326 g/mol. The standard InChI is InChI=1S/C17H27N3O3S/c1-12-14(19-16(21)11-18-10-13-8-9-13)6-5-7-15(12)24(22,23)20-17(2,3)4/h5-7,13,18,20H,8-11H2,1-4H3,(H,19,21). The van der Waals surface area contributed by atoms with E-state index < -0.39 is 15.6 Å². The number of rotatable bonds is 7. The van der Waals surface area contributed by atoms with Gasteiger partial charge in [0, 0.05) is 11.2 Å². The summed E-state index contributed by atoms with van der Waals surface area (Å²) in [4.78, 5) is 12.2. The first-order valence-electron chi connectivity index (χ1n) is 8.23. The van der Waals surface area contributed by atoms with Gasteiger partial charge in [-0.15, -0.1) is 0 Å². The van der Waals surface area contributed by atoms with Crippen LogP contribution < -0.4 is 15.4 Å². The van der Waals surface area contributed by atoms with Crippen LogP contribution in [0.25, 0.3) is 0 Å². The molecule has 6 nitrogen and oxygen atoms in total. The molecule has 134 valence electrons. The third-order valence-corrected chi connectivity index (χ3v) is 5.61. The van der Waals surface area contributed by atoms with Crippen molar-refractivity contribution in [3.05, 3.63) is 23.8 Å². The van der Waals surface area contributed by atoms with Crippen LogP contribution in [0.15, 0.2) is 23.1 Å². The maximum Gasteiger partial charge on any atom is 0.241 e. The Kier molecular flexibility index (Phi) is 5.67. The number of nitrogens with one attached hydrogen (secondary N) is 3. The van der Waals surface area contributed by atoms with E-state index in [1.54, 1.807) is 45.9 Å². The summed E-state index contributed by atoms with van der Waals surface area (Å²) in [5.74, 6) is 0.536. The molecule has 24 heavy (non-hydrogen) atoms. The van der Waals surface area contributed by atoms with E-state index in [1.165, 1.54) is 12.8 Å². The molecule has 0 unspecified atom stereocenters. The van der Waals surface area contributed by atoms with Crippen LogP contribution >= 0.6 is 0 Å². The molecule has 0 aliphatic heterocycles. The Morgan fingerprint density at radius 1 is 1.25 bits per heavy atom. The molecule has 0 radical (unpaired) electrons. The van der Waals surface area contributed by atoms with E-state index in [2.05, 4.69) is 15.4 Å². The lowest BCUT2D eigenvalue weighted by Crippen LogP contribution is -2.40. The second kappa shape index (κ2) is 7.21. The normalized spacial score (nSPS) is 15.3. The number of sulfonamides is 1. The zero-order valence-corrected chi connectivity index (χ0v) is 15.6. The van der Waals surface area contributed by atoms with Gasteiger partial charge in [0.2, 0.25) is 15.9 Å². The Bertz CT molecular complexity index is 704. The zero-order chi connectivity index (χ0) is 18.0. The molecule has 1 aromatic rings. The van der Waals surface area contributed by atoms with Gasteiger partial charge in [-0.1, -0.05) is 6.07 Å². The van der Waals surface area contributed by atoms with Crippen molar-refractivity contribution in [2.75, 3.05) is 18.4 Å². The molecule has 0 bridgehead atoms. The fourth-order valence-corrected chi connectivity index (χ4v) is 4.09. The van der Waals surface area contributed by atoms with E-state index in [0.717, 1.165) is 6.54 Å². The average Bonchev–Trinajstić information content (AvgIpc) is 3.22. The SMILES string of the molecule is Cc1c(NC(=O)CNCC2CC2)cccc1S(=O)(=O)NC(C)(C)C. The molecule has 1 aliphatic carbocycles. The van der Waals surface area contributed by atoms with Gasteiger partial charge in [0.05, 0.1) is 11.4 Å². The predicted octanol–water partition coefficient (Wildman–Crippen LogP) is 2.01. The van der Waals surface area contributed by atoms with Crippen molar-refractivity contribution in [2.45, 2.75) is 51.0 Å². The van der Waals surface area contributed by atoms with Crippen molar-refractivity contribution in [2.24, 2.45) is 5.92 Å². The topological polar surface area (TPSA) is 87.3 Å². The van der Waals surface area contributed by atoms with Gasteiger partial charge in [-0.25, -0.2) is 13.1 Å². The molecule has 3 N–H and O–H groups in total. The predicted molar refractivity (Wildman–Crippen MR) is 95.5 cm³/mol. The second-order valence-electron chi connectivity index (χ2n) is 7.41. The van der Waals surface area contributed by atoms with Gasteiger partial charge in [-0.2, -0.15) is 0 Å². The van der Waals surface area contributed by atoms with Gasteiger partial charge in [-0.05, 0) is 70.7 Å². The van der Waals surface area contributed by atoms with Gasteiger partial charge < -0.3 is 10.6 Å². The van der Waals surface area contributed by atoms with Crippen LogP contribution in [0, 0.1) is 12.8 Å². The molecule has 1 saturated carbocycles. The van der Waals surface area contributed by atoms with Crippen molar-refractivity contribution in [3.8, 4) is 0 Å². The summed E-state index contributed by atoms with van der Waals surface area (Å²) < 4.78 is 27.7. The smallest absolute Gasteiger partial charge is 0.241 e. The number of carbonyl (C=O) groups excluding carboxylic acids is 1. The lowest BCUT2D eigenvalue weighted by Gasteiger charge is -2.22. The van der Waals surface area contributed by atoms with Crippen LogP contribution in [-0.4, -0.2) is 33.0 Å². The highest BCUT2D eigenvalue weighted by Gasteiger charge is 2.25. The quantitative estimate of drug-likeness (QED) is 0.700. The Morgan fingerprint density at radius 2 is 1.92 bits per heavy atom. The van der Waals surface area contributed by atoms with Crippen LogP contribution in [0.1, 0.15) is 39.2 Å². The molecule has 0 saturated heterocycles. The van der Waals surface area contributed by atoms with E-state index in [4.69, 9.17) is 0 Å². The first-order valence-corrected chi connectivity index (χ1v) is 9.71. The molecule has 1 amide bonds. The van der Waals surface area contributed by atoms with Crippen molar-refractivity contribution < 1.29 is 13.2 Å². The fourth-order valence-electron chi connectivity index (χ4n) is 2.41. The third-order valence-electron chi connectivity index (χ3n) is 3.70. The maximum atomic E-state index is 12.5. The fraction of sp³-hybridized carbons (Fsp3) is 0.588. The monoisotopic (exact) mass is 353 g/mol. The minimum Gasteiger partial charge on any atom is -0.325 e. The number of anilines is 1. The van der Waals surface area contributed by atoms with Crippen LogP contribution in [0.3, 0.4) is 0 Å². The maximum absolute atomic E-state index is 12.5. The van der Waals surface area contributed by atoms with E-state index in [-0.39, 0.29) is 17.3 Å². The first kappa shape index (κ1) is 18.9. The molecule has 1 fully saturated rings. The number of hydrogen-bond donors (Lipinski definition) is 3. The zero-order valence-electron chi connectivity index (χ0n) is 14.8. The van der Waals surface area contributed by atoms with Crippen molar-refractivity contribution in [1.29, 1.82) is 0 Å². The average molecular weight is 353 g/mol. The summed E-state index contributed by atoms with van der Waals surface area (Å²) in [5.41, 5.74) is 0.479. The third kappa shape index (κ3) is 5.58. The molecule has 0 aromatic heterocycles. The van der Waals surface area contributed by atoms with Crippen molar-refractivity contribution in [3.63, 3.8) is 0 Å². The van der Waals surface area contributed by atoms with Crippen molar-refractivity contribution in [1.82, 2.24) is 10.0 Å². The minimum absolute atomic E-state index is 0.169. The molecule has 2 rings (SSSR count). The highest BCUT2D eigenvalue weighted by Crippen LogP contribution is 2.27. The highest BCUT2D eigenvalue weighted by molar-refractivity contribution is 7.89. The van der Waals surface area contributed by atoms with Gasteiger partial charge in [0.1, 0.15) is 0 Å². The molecule has 0 heterocycles. The van der Waals surface area contributed by atoms with E-state index in [0.29, 0.717) is 17.2 Å². The number of amides is 1. The van der Waals surface area contributed by atoms with Crippen LogP contribution in [0.5, 0.6) is 0 Å². The van der Waals surface area contributed by atoms with Gasteiger partial charge in [0.15, 0.2) is 0 Å². The Labute approximate surface area is 144 Å². The van der Waals surface area contributed by atoms with Crippen molar-refractivity contribution >= 4 is 21.6 Å². The highest BCUT2D eigenvalue weighted by atomic mass is 32.2. The Hall–Kier alpha value is -1.44. The number of benzene rings is 1. The molecule has 1 aromatic carbocycles. The molecule has 0 spiro atoms. The molecular formula is C17H27N3O3S. The lowest BCUT2D eigenvalue weighted by atomic mass is 10.1.